The van der Waals surface area contributed by atoms with E-state index in [4.69, 9.17) is 0 Å². The minimum absolute atomic E-state index is 0.0754. The highest BCUT2D eigenvalue weighted by molar-refractivity contribution is 5.98. The molecular formula is C24H32F3N3O4. The van der Waals surface area contributed by atoms with Gasteiger partial charge in [0.2, 0.25) is 5.91 Å². The summed E-state index contributed by atoms with van der Waals surface area (Å²) in [5.41, 5.74) is -2.28. The lowest BCUT2D eigenvalue weighted by atomic mass is 9.68. The summed E-state index contributed by atoms with van der Waals surface area (Å²) in [6.45, 7) is 6.05. The van der Waals surface area contributed by atoms with Crippen LogP contribution in [0.4, 0.5) is 13.2 Å². The van der Waals surface area contributed by atoms with Crippen LogP contribution in [0.1, 0.15) is 62.4 Å². The molecule has 0 bridgehead atoms. The van der Waals surface area contributed by atoms with Crippen LogP contribution in [0.3, 0.4) is 0 Å². The van der Waals surface area contributed by atoms with E-state index in [0.29, 0.717) is 12.8 Å². The number of alkyl halides is 3. The van der Waals surface area contributed by atoms with E-state index in [2.05, 4.69) is 10.2 Å². The quantitative estimate of drug-likeness (QED) is 0.648. The number of halogens is 3. The molecule has 2 aliphatic rings. The van der Waals surface area contributed by atoms with Crippen molar-refractivity contribution in [3.63, 3.8) is 0 Å². The van der Waals surface area contributed by atoms with Gasteiger partial charge in [0, 0.05) is 30.2 Å². The Kier molecular flexibility index (Phi) is 7.31. The van der Waals surface area contributed by atoms with Crippen molar-refractivity contribution in [3.8, 4) is 0 Å². The molecule has 34 heavy (non-hydrogen) atoms. The van der Waals surface area contributed by atoms with Gasteiger partial charge in [0.15, 0.2) is 0 Å². The number of benzene rings is 1. The van der Waals surface area contributed by atoms with Crippen molar-refractivity contribution >= 4 is 17.8 Å². The van der Waals surface area contributed by atoms with Crippen LogP contribution in [-0.4, -0.2) is 70.4 Å². The second kappa shape index (κ2) is 9.56. The number of amides is 2. The number of carbonyl (C=O) groups excluding carboxylic acids is 2. The standard InChI is InChI=1S/C24H32F3N3O4/c1-14(2)29(4)17-8-9-19(23(3,13-17)22(33)34)30-11-10-18(21(30)32)28-20(31)15-6-5-7-16(12-15)24(25,26)27/h5-7,12,14,17-19H,8-11,13H2,1-4H3,(H,28,31)(H,33,34)/t17-,18+,19+,23-/m1/s1. The van der Waals surface area contributed by atoms with Gasteiger partial charge in [0.1, 0.15) is 6.04 Å². The van der Waals surface area contributed by atoms with Gasteiger partial charge in [-0.25, -0.2) is 0 Å². The molecule has 2 N–H and O–H groups in total. The molecular weight excluding hydrogens is 451 g/mol. The lowest BCUT2D eigenvalue weighted by Crippen LogP contribution is -2.58. The summed E-state index contributed by atoms with van der Waals surface area (Å²) in [5, 5.41) is 12.6. The smallest absolute Gasteiger partial charge is 0.416 e. The molecule has 2 amide bonds. The monoisotopic (exact) mass is 483 g/mol. The number of nitrogens with zero attached hydrogens (tertiary/aromatic N) is 2. The topological polar surface area (TPSA) is 90.0 Å². The van der Waals surface area contributed by atoms with Gasteiger partial charge in [-0.2, -0.15) is 13.2 Å². The van der Waals surface area contributed by atoms with E-state index in [0.717, 1.165) is 24.6 Å². The Morgan fingerprint density at radius 2 is 1.91 bits per heavy atom. The Morgan fingerprint density at radius 1 is 1.24 bits per heavy atom. The predicted octanol–water partition coefficient (Wildman–Crippen LogP) is 3.39. The second-order valence-electron chi connectivity index (χ2n) is 9.86. The second-order valence-corrected chi connectivity index (χ2v) is 9.86. The Balaban J connectivity index is 1.73. The summed E-state index contributed by atoms with van der Waals surface area (Å²) in [6.07, 6.45) is -2.66. The van der Waals surface area contributed by atoms with Gasteiger partial charge in [0.25, 0.3) is 5.91 Å². The maximum Gasteiger partial charge on any atom is 0.416 e. The van der Waals surface area contributed by atoms with Gasteiger partial charge in [-0.05, 0) is 71.7 Å². The van der Waals surface area contributed by atoms with E-state index < -0.39 is 47.0 Å². The van der Waals surface area contributed by atoms with Crippen molar-refractivity contribution in [3.05, 3.63) is 35.4 Å². The minimum atomic E-state index is -4.58. The first-order valence-corrected chi connectivity index (χ1v) is 11.5. The molecule has 1 aliphatic carbocycles. The van der Waals surface area contributed by atoms with Gasteiger partial charge in [-0.1, -0.05) is 6.07 Å². The van der Waals surface area contributed by atoms with Crippen LogP contribution in [0, 0.1) is 5.41 Å². The first-order valence-electron chi connectivity index (χ1n) is 11.5. The lowest BCUT2D eigenvalue weighted by molar-refractivity contribution is -0.159. The third kappa shape index (κ3) is 5.06. The zero-order chi connectivity index (χ0) is 25.4. The van der Waals surface area contributed by atoms with Crippen LogP contribution in [0.25, 0.3) is 0 Å². The van der Waals surface area contributed by atoms with Crippen molar-refractivity contribution in [1.82, 2.24) is 15.1 Å². The highest BCUT2D eigenvalue weighted by atomic mass is 19.4. The lowest BCUT2D eigenvalue weighted by Gasteiger charge is -2.48. The first-order chi connectivity index (χ1) is 15.8. The van der Waals surface area contributed by atoms with Gasteiger partial charge in [-0.15, -0.1) is 0 Å². The summed E-state index contributed by atoms with van der Waals surface area (Å²) >= 11 is 0. The number of aliphatic carboxylic acids is 1. The number of carboxylic acids is 1. The predicted molar refractivity (Wildman–Crippen MR) is 119 cm³/mol. The summed E-state index contributed by atoms with van der Waals surface area (Å²) in [4.78, 5) is 41.8. The van der Waals surface area contributed by atoms with Crippen LogP contribution in [-0.2, 0) is 15.8 Å². The third-order valence-corrected chi connectivity index (χ3v) is 7.42. The number of carboxylic acid groups (broad SMARTS) is 1. The van der Waals surface area contributed by atoms with E-state index in [-0.39, 0.29) is 30.6 Å². The van der Waals surface area contributed by atoms with E-state index in [9.17, 15) is 32.7 Å². The van der Waals surface area contributed by atoms with E-state index >= 15 is 0 Å². The van der Waals surface area contributed by atoms with E-state index in [1.165, 1.54) is 11.0 Å². The van der Waals surface area contributed by atoms with Crippen LogP contribution in [0.5, 0.6) is 0 Å². The molecule has 2 fully saturated rings. The van der Waals surface area contributed by atoms with Crippen molar-refractivity contribution in [2.24, 2.45) is 5.41 Å². The van der Waals surface area contributed by atoms with Gasteiger partial charge >= 0.3 is 12.1 Å². The molecule has 3 rings (SSSR count). The van der Waals surface area contributed by atoms with E-state index in [1.807, 2.05) is 20.9 Å². The fourth-order valence-corrected chi connectivity index (χ4v) is 5.12. The molecule has 4 atom stereocenters. The van der Waals surface area contributed by atoms with Crippen LogP contribution in [0.15, 0.2) is 24.3 Å². The van der Waals surface area contributed by atoms with Crippen LogP contribution >= 0.6 is 0 Å². The minimum Gasteiger partial charge on any atom is -0.481 e. The zero-order valence-electron chi connectivity index (χ0n) is 19.9. The van der Waals surface area contributed by atoms with Gasteiger partial charge in [0.05, 0.1) is 11.0 Å². The van der Waals surface area contributed by atoms with Crippen molar-refractivity contribution in [2.45, 2.75) is 76.8 Å². The summed E-state index contributed by atoms with van der Waals surface area (Å²) in [6, 6.07) is 2.93. The summed E-state index contributed by atoms with van der Waals surface area (Å²) in [5.74, 6) is -2.13. The molecule has 1 saturated heterocycles. The largest absolute Gasteiger partial charge is 0.481 e. The Morgan fingerprint density at radius 3 is 2.50 bits per heavy atom. The molecule has 0 aromatic heterocycles. The molecule has 0 unspecified atom stereocenters. The molecule has 10 heteroatoms. The molecule has 1 aliphatic heterocycles. The zero-order valence-corrected chi connectivity index (χ0v) is 19.9. The van der Waals surface area contributed by atoms with Crippen molar-refractivity contribution < 1.29 is 32.7 Å². The molecule has 1 aromatic carbocycles. The number of carbonyl (C=O) groups is 3. The Bertz CT molecular complexity index is 952. The van der Waals surface area contributed by atoms with E-state index in [1.54, 1.807) is 6.92 Å². The highest BCUT2D eigenvalue weighted by Gasteiger charge is 2.52. The number of hydrogen-bond donors (Lipinski definition) is 2. The molecule has 188 valence electrons. The van der Waals surface area contributed by atoms with Crippen molar-refractivity contribution in [2.75, 3.05) is 13.6 Å². The Labute approximate surface area is 197 Å². The first kappa shape index (κ1) is 26.0. The van der Waals surface area contributed by atoms with Crippen LogP contribution in [0.2, 0.25) is 0 Å². The number of likely N-dealkylation sites (tertiary alicyclic amines) is 1. The molecule has 7 nitrogen and oxygen atoms in total. The molecule has 0 spiro atoms. The fourth-order valence-electron chi connectivity index (χ4n) is 5.12. The fraction of sp³-hybridized carbons (Fsp3) is 0.625. The van der Waals surface area contributed by atoms with Crippen molar-refractivity contribution in [1.29, 1.82) is 0 Å². The average molecular weight is 484 g/mol. The number of nitrogens with one attached hydrogen (secondary N) is 1. The molecule has 1 heterocycles. The average Bonchev–Trinajstić information content (AvgIpc) is 3.12. The number of rotatable bonds is 6. The highest BCUT2D eigenvalue weighted by Crippen LogP contribution is 2.42. The van der Waals surface area contributed by atoms with Gasteiger partial charge < -0.3 is 20.2 Å². The molecule has 0 radical (unpaired) electrons. The molecule has 1 aromatic rings. The maximum atomic E-state index is 13.2. The van der Waals surface area contributed by atoms with Crippen LogP contribution < -0.4 is 5.32 Å². The SMILES string of the molecule is CC(C)N(C)[C@@H]1CC[C@H](N2CC[C@H](NC(=O)c3cccc(C(F)(F)F)c3)C2=O)[C@](C)(C(=O)O)C1. The summed E-state index contributed by atoms with van der Waals surface area (Å²) in [7, 11) is 1.97. The Hall–Kier alpha value is -2.62. The van der Waals surface area contributed by atoms with Gasteiger partial charge in [-0.3, -0.25) is 14.4 Å². The molecule has 1 saturated carbocycles. The number of hydrogen-bond acceptors (Lipinski definition) is 4. The third-order valence-electron chi connectivity index (χ3n) is 7.42. The normalized spacial score (nSPS) is 28.0. The summed E-state index contributed by atoms with van der Waals surface area (Å²) < 4.78 is 38.9. The maximum absolute atomic E-state index is 13.2.